The number of nitrogens with two attached hydrogens (primary N) is 2. The van der Waals surface area contributed by atoms with Crippen LogP contribution < -0.4 is 17.0 Å². The predicted molar refractivity (Wildman–Crippen MR) is 80.5 cm³/mol. The summed E-state index contributed by atoms with van der Waals surface area (Å²) in [5, 5.41) is 0.633. The molecule has 0 unspecified atom stereocenters. The first-order valence-corrected chi connectivity index (χ1v) is 7.15. The van der Waals surface area contributed by atoms with E-state index < -0.39 is 5.91 Å². The fourth-order valence-corrected chi connectivity index (χ4v) is 2.91. The second-order valence-electron chi connectivity index (χ2n) is 4.14. The first kappa shape index (κ1) is 14.8. The van der Waals surface area contributed by atoms with Crippen LogP contribution in [-0.2, 0) is 5.75 Å². The van der Waals surface area contributed by atoms with Crippen LogP contribution in [0.4, 0.5) is 5.69 Å². The van der Waals surface area contributed by atoms with Gasteiger partial charge < -0.3 is 10.2 Å². The van der Waals surface area contributed by atoms with Gasteiger partial charge in [-0.1, -0.05) is 11.6 Å². The number of halogens is 1. The molecule has 0 radical (unpaired) electrons. The molecule has 0 bridgehead atoms. The Kier molecular flexibility index (Phi) is 4.59. The van der Waals surface area contributed by atoms with Crippen molar-refractivity contribution < 1.29 is 9.21 Å². The van der Waals surface area contributed by atoms with E-state index in [-0.39, 0.29) is 5.76 Å². The monoisotopic (exact) mass is 311 g/mol. The average Bonchev–Trinajstić information content (AvgIpc) is 2.80. The van der Waals surface area contributed by atoms with E-state index in [1.807, 2.05) is 11.5 Å². The first-order valence-electron chi connectivity index (χ1n) is 5.79. The molecular weight excluding hydrogens is 298 g/mol. The van der Waals surface area contributed by atoms with Crippen LogP contribution in [0, 0.1) is 6.92 Å². The number of aryl methyl sites for hydroxylation is 1. The van der Waals surface area contributed by atoms with Gasteiger partial charge in [-0.15, -0.1) is 11.8 Å². The lowest BCUT2D eigenvalue weighted by Gasteiger charge is -2.05. The molecule has 1 aromatic heterocycles. The van der Waals surface area contributed by atoms with Gasteiger partial charge in [0.1, 0.15) is 5.76 Å². The molecule has 1 aromatic carbocycles. The van der Waals surface area contributed by atoms with Gasteiger partial charge in [-0.25, -0.2) is 5.84 Å². The Hall–Kier alpha value is -1.63. The zero-order valence-corrected chi connectivity index (χ0v) is 12.3. The maximum Gasteiger partial charge on any atom is 0.300 e. The number of rotatable bonds is 4. The number of nitrogens with one attached hydrogen (secondary N) is 1. The third-order valence-corrected chi connectivity index (χ3v) is 4.09. The molecule has 5 N–H and O–H groups in total. The number of furan rings is 1. The lowest BCUT2D eigenvalue weighted by molar-refractivity contribution is 0.0924. The van der Waals surface area contributed by atoms with E-state index in [0.717, 1.165) is 10.5 Å². The van der Waals surface area contributed by atoms with E-state index in [0.29, 0.717) is 22.2 Å². The molecule has 0 atom stereocenters. The van der Waals surface area contributed by atoms with Crippen LogP contribution >= 0.6 is 23.4 Å². The van der Waals surface area contributed by atoms with Gasteiger partial charge in [0, 0.05) is 26.9 Å². The summed E-state index contributed by atoms with van der Waals surface area (Å²) in [6.45, 7) is 1.80. The van der Waals surface area contributed by atoms with Crippen LogP contribution in [0.15, 0.2) is 33.6 Å². The third kappa shape index (κ3) is 3.27. The highest BCUT2D eigenvalue weighted by Crippen LogP contribution is 2.32. The quantitative estimate of drug-likeness (QED) is 0.265. The molecule has 0 fully saturated rings. The van der Waals surface area contributed by atoms with Gasteiger partial charge in [0.25, 0.3) is 0 Å². The molecule has 106 valence electrons. The maximum absolute atomic E-state index is 11.4. The Balaban J connectivity index is 2.13. The number of hydrogen-bond donors (Lipinski definition) is 3. The topological polar surface area (TPSA) is 94.3 Å². The molecular formula is C13H14ClN3O2S. The Morgan fingerprint density at radius 3 is 2.90 bits per heavy atom. The van der Waals surface area contributed by atoms with Crippen LogP contribution in [0.25, 0.3) is 0 Å². The van der Waals surface area contributed by atoms with E-state index >= 15 is 0 Å². The number of thioether (sulfide) groups is 1. The zero-order chi connectivity index (χ0) is 14.7. The van der Waals surface area contributed by atoms with Gasteiger partial charge in [0.15, 0.2) is 5.76 Å². The van der Waals surface area contributed by atoms with Crippen molar-refractivity contribution in [2.24, 2.45) is 5.84 Å². The number of anilines is 1. The van der Waals surface area contributed by atoms with Crippen molar-refractivity contribution in [3.8, 4) is 0 Å². The van der Waals surface area contributed by atoms with E-state index in [1.54, 1.807) is 25.1 Å². The van der Waals surface area contributed by atoms with Crippen molar-refractivity contribution in [2.45, 2.75) is 17.6 Å². The Bertz CT molecular complexity index is 643. The molecule has 2 rings (SSSR count). The fourth-order valence-electron chi connectivity index (χ4n) is 1.63. The maximum atomic E-state index is 11.4. The van der Waals surface area contributed by atoms with Gasteiger partial charge in [-0.3, -0.25) is 10.2 Å². The van der Waals surface area contributed by atoms with Crippen molar-refractivity contribution in [2.75, 3.05) is 5.73 Å². The number of hydrazine groups is 1. The second-order valence-corrected chi connectivity index (χ2v) is 5.59. The molecule has 0 aliphatic heterocycles. The molecule has 0 saturated heterocycles. The number of carbonyl (C=O) groups excluding carboxylic acids is 1. The lowest BCUT2D eigenvalue weighted by Crippen LogP contribution is -2.29. The number of benzene rings is 1. The standard InChI is InChI=1S/C13H14ClN3O2S/c1-7-8(4-11(19-7)13(18)17-16)6-20-12-5-9(14)2-3-10(12)15/h2-5H,6,15-16H2,1H3,(H,17,18). The fraction of sp³-hybridized carbons (Fsp3) is 0.154. The molecule has 0 aliphatic carbocycles. The van der Waals surface area contributed by atoms with Crippen LogP contribution in [0.2, 0.25) is 5.02 Å². The Labute approximate surface area is 125 Å². The van der Waals surface area contributed by atoms with Crippen molar-refractivity contribution >= 4 is 35.0 Å². The SMILES string of the molecule is Cc1oc(C(=O)NN)cc1CSc1cc(Cl)ccc1N. The highest BCUT2D eigenvalue weighted by Gasteiger charge is 2.14. The van der Waals surface area contributed by atoms with E-state index in [1.165, 1.54) is 11.8 Å². The summed E-state index contributed by atoms with van der Waals surface area (Å²) in [5.74, 6) is 6.11. The molecule has 7 heteroatoms. The van der Waals surface area contributed by atoms with Crippen LogP contribution in [0.3, 0.4) is 0 Å². The normalized spacial score (nSPS) is 10.6. The van der Waals surface area contributed by atoms with E-state index in [2.05, 4.69) is 0 Å². The summed E-state index contributed by atoms with van der Waals surface area (Å²) >= 11 is 7.47. The van der Waals surface area contributed by atoms with Crippen LogP contribution in [0.5, 0.6) is 0 Å². The Morgan fingerprint density at radius 2 is 2.20 bits per heavy atom. The first-order chi connectivity index (χ1) is 9.51. The number of carbonyl (C=O) groups is 1. The van der Waals surface area contributed by atoms with Crippen LogP contribution in [-0.4, -0.2) is 5.91 Å². The summed E-state index contributed by atoms with van der Waals surface area (Å²) < 4.78 is 5.35. The van der Waals surface area contributed by atoms with Crippen molar-refractivity contribution in [1.82, 2.24) is 5.43 Å². The summed E-state index contributed by atoms with van der Waals surface area (Å²) in [7, 11) is 0. The molecule has 1 amide bonds. The van der Waals surface area contributed by atoms with Gasteiger partial charge >= 0.3 is 5.91 Å². The molecule has 2 aromatic rings. The van der Waals surface area contributed by atoms with E-state index in [4.69, 9.17) is 27.6 Å². The third-order valence-electron chi connectivity index (χ3n) is 2.73. The van der Waals surface area contributed by atoms with Gasteiger partial charge in [-0.05, 0) is 31.2 Å². The highest BCUT2D eigenvalue weighted by atomic mass is 35.5. The molecule has 20 heavy (non-hydrogen) atoms. The molecule has 5 nitrogen and oxygen atoms in total. The minimum atomic E-state index is -0.452. The molecule has 0 aliphatic rings. The Morgan fingerprint density at radius 1 is 1.45 bits per heavy atom. The number of nitrogen functional groups attached to an aromatic ring is 2. The second kappa shape index (κ2) is 6.21. The molecule has 0 spiro atoms. The van der Waals surface area contributed by atoms with Crippen molar-refractivity contribution in [3.63, 3.8) is 0 Å². The molecule has 0 saturated carbocycles. The summed E-state index contributed by atoms with van der Waals surface area (Å²) in [4.78, 5) is 12.3. The van der Waals surface area contributed by atoms with Crippen molar-refractivity contribution in [3.05, 3.63) is 46.4 Å². The summed E-state index contributed by atoms with van der Waals surface area (Å²) in [6.07, 6.45) is 0. The minimum absolute atomic E-state index is 0.194. The van der Waals surface area contributed by atoms with E-state index in [9.17, 15) is 4.79 Å². The zero-order valence-electron chi connectivity index (χ0n) is 10.8. The molecule has 1 heterocycles. The number of hydrogen-bond acceptors (Lipinski definition) is 5. The average molecular weight is 312 g/mol. The van der Waals surface area contributed by atoms with Gasteiger partial charge in [0.2, 0.25) is 0 Å². The highest BCUT2D eigenvalue weighted by molar-refractivity contribution is 7.98. The van der Waals surface area contributed by atoms with Gasteiger partial charge in [0.05, 0.1) is 0 Å². The smallest absolute Gasteiger partial charge is 0.300 e. The summed E-state index contributed by atoms with van der Waals surface area (Å²) in [6, 6.07) is 6.99. The van der Waals surface area contributed by atoms with Gasteiger partial charge in [-0.2, -0.15) is 0 Å². The van der Waals surface area contributed by atoms with Crippen LogP contribution in [0.1, 0.15) is 21.9 Å². The predicted octanol–water partition coefficient (Wildman–Crippen LogP) is 2.72. The summed E-state index contributed by atoms with van der Waals surface area (Å²) in [5.41, 5.74) is 9.50. The van der Waals surface area contributed by atoms with Crippen molar-refractivity contribution in [1.29, 1.82) is 0 Å². The largest absolute Gasteiger partial charge is 0.456 e. The lowest BCUT2D eigenvalue weighted by atomic mass is 10.3. The number of amides is 1. The minimum Gasteiger partial charge on any atom is -0.456 e.